The lowest BCUT2D eigenvalue weighted by molar-refractivity contribution is 0.374. The highest BCUT2D eigenvalue weighted by molar-refractivity contribution is 5.80. The van der Waals surface area contributed by atoms with Crippen LogP contribution < -0.4 is 11.3 Å². The summed E-state index contributed by atoms with van der Waals surface area (Å²) in [6.45, 7) is 4.35. The molecule has 5 aromatic rings. The number of hydrogen-bond donors (Lipinski definition) is 1. The van der Waals surface area contributed by atoms with E-state index in [1.165, 1.54) is 25.7 Å². The van der Waals surface area contributed by atoms with Gasteiger partial charge in [-0.3, -0.25) is 18.9 Å². The summed E-state index contributed by atoms with van der Waals surface area (Å²) in [7, 11) is 0. The van der Waals surface area contributed by atoms with Gasteiger partial charge in [0.15, 0.2) is 11.6 Å². The Kier molecular flexibility index (Phi) is 7.94. The number of aromatic amines is 1. The summed E-state index contributed by atoms with van der Waals surface area (Å²) in [5.74, 6) is 2.34. The van der Waals surface area contributed by atoms with Crippen molar-refractivity contribution in [2.24, 2.45) is 5.92 Å². The highest BCUT2D eigenvalue weighted by Gasteiger charge is 2.21. The first-order valence-electron chi connectivity index (χ1n) is 14.6. The average molecular weight is 567 g/mol. The van der Waals surface area contributed by atoms with Crippen molar-refractivity contribution in [3.8, 4) is 22.5 Å². The summed E-state index contributed by atoms with van der Waals surface area (Å²) in [5, 5.41) is 8.04. The van der Waals surface area contributed by atoms with Crippen LogP contribution in [0.5, 0.6) is 0 Å². The third-order valence-electron chi connectivity index (χ3n) is 8.03. The molecular weight excluding hydrogens is 532 g/mol. The van der Waals surface area contributed by atoms with Gasteiger partial charge in [-0.2, -0.15) is 4.98 Å². The van der Waals surface area contributed by atoms with Crippen molar-refractivity contribution in [2.75, 3.05) is 0 Å². The van der Waals surface area contributed by atoms with Crippen LogP contribution in [0.2, 0.25) is 0 Å². The van der Waals surface area contributed by atoms with Gasteiger partial charge < -0.3 is 4.52 Å². The van der Waals surface area contributed by atoms with Gasteiger partial charge in [-0.15, -0.1) is 0 Å². The average Bonchev–Trinajstić information content (AvgIpc) is 3.77. The monoisotopic (exact) mass is 566 g/mol. The molecule has 1 fully saturated rings. The molecule has 1 saturated carbocycles. The summed E-state index contributed by atoms with van der Waals surface area (Å²) in [6, 6.07) is 15.7. The van der Waals surface area contributed by atoms with Crippen LogP contribution in [0.3, 0.4) is 0 Å². The molecule has 0 amide bonds. The van der Waals surface area contributed by atoms with Crippen LogP contribution in [0.15, 0.2) is 67.2 Å². The van der Waals surface area contributed by atoms with E-state index >= 15 is 0 Å². The Bertz CT molecular complexity index is 1790. The van der Waals surface area contributed by atoms with Gasteiger partial charge in [0.05, 0.1) is 13.0 Å². The maximum Gasteiger partial charge on any atom is 0.439 e. The van der Waals surface area contributed by atoms with Crippen LogP contribution in [-0.4, -0.2) is 29.8 Å². The second-order valence-corrected chi connectivity index (χ2v) is 11.1. The minimum Gasteiger partial charge on any atom is -0.339 e. The van der Waals surface area contributed by atoms with Crippen molar-refractivity contribution in [3.63, 3.8) is 0 Å². The van der Waals surface area contributed by atoms with E-state index in [4.69, 9.17) is 14.0 Å². The number of hydrogen-bond acceptors (Lipinski definition) is 8. The molecule has 0 saturated heterocycles. The molecule has 6 rings (SSSR count). The van der Waals surface area contributed by atoms with Crippen molar-refractivity contribution in [2.45, 2.75) is 71.8 Å². The molecule has 1 aliphatic rings. The lowest BCUT2D eigenvalue weighted by atomic mass is 9.98. The quantitative estimate of drug-likeness (QED) is 0.242. The number of benzene rings is 2. The predicted molar refractivity (Wildman–Crippen MR) is 157 cm³/mol. The van der Waals surface area contributed by atoms with E-state index in [2.05, 4.69) is 27.2 Å². The van der Waals surface area contributed by atoms with E-state index in [1.54, 1.807) is 4.57 Å². The number of aryl methyl sites for hydroxylation is 2. The fourth-order valence-corrected chi connectivity index (χ4v) is 5.87. The van der Waals surface area contributed by atoms with Crippen molar-refractivity contribution in [3.05, 3.63) is 104 Å². The summed E-state index contributed by atoms with van der Waals surface area (Å²) in [4.78, 5) is 37.5. The zero-order valence-corrected chi connectivity index (χ0v) is 23.9. The van der Waals surface area contributed by atoms with Gasteiger partial charge >= 0.3 is 5.76 Å². The Morgan fingerprint density at radius 3 is 2.43 bits per heavy atom. The van der Waals surface area contributed by atoms with Crippen LogP contribution in [0, 0.1) is 12.8 Å². The van der Waals surface area contributed by atoms with E-state index in [9.17, 15) is 9.59 Å². The summed E-state index contributed by atoms with van der Waals surface area (Å²) < 4.78 is 12.0. The molecule has 0 spiro atoms. The number of nitrogens with zero attached hydrogens (tertiary/aromatic N) is 5. The van der Waals surface area contributed by atoms with Crippen LogP contribution >= 0.6 is 0 Å². The summed E-state index contributed by atoms with van der Waals surface area (Å²) >= 11 is 0. The lowest BCUT2D eigenvalue weighted by Crippen LogP contribution is -2.30. The van der Waals surface area contributed by atoms with E-state index in [-0.39, 0.29) is 12.0 Å². The third-order valence-corrected chi connectivity index (χ3v) is 8.03. The Morgan fingerprint density at radius 1 is 0.952 bits per heavy atom. The van der Waals surface area contributed by atoms with Crippen molar-refractivity contribution in [1.29, 1.82) is 0 Å². The van der Waals surface area contributed by atoms with Gasteiger partial charge in [0, 0.05) is 29.7 Å². The Morgan fingerprint density at radius 2 is 1.71 bits per heavy atom. The van der Waals surface area contributed by atoms with Gasteiger partial charge in [0.25, 0.3) is 5.56 Å². The van der Waals surface area contributed by atoms with Gasteiger partial charge in [0.1, 0.15) is 5.82 Å². The Labute approximate surface area is 242 Å². The minimum absolute atomic E-state index is 0.0779. The zero-order valence-electron chi connectivity index (χ0n) is 23.9. The minimum atomic E-state index is -0.599. The van der Waals surface area contributed by atoms with Gasteiger partial charge in [-0.1, -0.05) is 91.5 Å². The first kappa shape index (κ1) is 27.6. The van der Waals surface area contributed by atoms with Crippen LogP contribution in [0.25, 0.3) is 22.5 Å². The first-order valence-corrected chi connectivity index (χ1v) is 14.6. The summed E-state index contributed by atoms with van der Waals surface area (Å²) in [5.41, 5.74) is 4.80. The standard InChI is InChI=1S/C32H34N6O4/c1-3-8-28-33-20(2)26(18-29-34-27(36-41-29)17-21-9-4-5-10-21)31(39)38(28)19-22-13-15-23(16-14-22)24-11-6-7-12-25(24)30-35-32(40)42-37-30/h6-7,11-16,21H,3-5,8-10,17-19H2,1-2H3,(H,35,37,40). The number of rotatable bonds is 10. The molecule has 0 radical (unpaired) electrons. The molecule has 0 aliphatic heterocycles. The molecule has 2 aromatic carbocycles. The maximum atomic E-state index is 13.9. The first-order chi connectivity index (χ1) is 20.5. The Hall–Kier alpha value is -4.60. The van der Waals surface area contributed by atoms with Crippen LogP contribution in [-0.2, 0) is 25.8 Å². The Balaban J connectivity index is 1.26. The molecular formula is C32H34N6O4. The SMILES string of the molecule is CCCc1nc(C)c(Cc2nc(CC3CCCC3)no2)c(=O)n1Cc1ccc(-c2ccccc2-c2noc(=O)[nH]2)cc1. The van der Waals surface area contributed by atoms with E-state index in [1.807, 2.05) is 55.5 Å². The number of nitrogens with one attached hydrogen (secondary N) is 1. The molecule has 0 bridgehead atoms. The number of aromatic nitrogens is 6. The smallest absolute Gasteiger partial charge is 0.339 e. The molecule has 3 aromatic heterocycles. The normalized spacial score (nSPS) is 13.7. The fraction of sp³-hybridized carbons (Fsp3) is 0.375. The molecule has 0 atom stereocenters. The van der Waals surface area contributed by atoms with Crippen molar-refractivity contribution < 1.29 is 9.05 Å². The molecule has 0 unspecified atom stereocenters. The highest BCUT2D eigenvalue weighted by Crippen LogP contribution is 2.30. The number of H-pyrrole nitrogens is 1. The maximum absolute atomic E-state index is 13.9. The van der Waals surface area contributed by atoms with E-state index < -0.39 is 5.76 Å². The zero-order chi connectivity index (χ0) is 29.1. The van der Waals surface area contributed by atoms with Crippen molar-refractivity contribution in [1.82, 2.24) is 29.8 Å². The van der Waals surface area contributed by atoms with Gasteiger partial charge in [0.2, 0.25) is 5.89 Å². The van der Waals surface area contributed by atoms with Gasteiger partial charge in [-0.25, -0.2) is 9.78 Å². The van der Waals surface area contributed by atoms with E-state index in [0.29, 0.717) is 41.9 Å². The fourth-order valence-electron chi connectivity index (χ4n) is 5.87. The molecule has 42 heavy (non-hydrogen) atoms. The molecule has 10 nitrogen and oxygen atoms in total. The predicted octanol–water partition coefficient (Wildman–Crippen LogP) is 5.27. The second kappa shape index (κ2) is 12.1. The molecule has 216 valence electrons. The van der Waals surface area contributed by atoms with Gasteiger partial charge in [-0.05, 0) is 36.0 Å². The summed E-state index contributed by atoms with van der Waals surface area (Å²) in [6.07, 6.45) is 7.64. The molecule has 10 heteroatoms. The highest BCUT2D eigenvalue weighted by atomic mass is 16.5. The largest absolute Gasteiger partial charge is 0.439 e. The van der Waals surface area contributed by atoms with Crippen LogP contribution in [0.4, 0.5) is 0 Å². The second-order valence-electron chi connectivity index (χ2n) is 11.1. The van der Waals surface area contributed by atoms with Crippen molar-refractivity contribution >= 4 is 0 Å². The molecule has 1 N–H and O–H groups in total. The third kappa shape index (κ3) is 5.88. The topological polar surface area (TPSA) is 133 Å². The molecule has 1 aliphatic carbocycles. The van der Waals surface area contributed by atoms with E-state index in [0.717, 1.165) is 46.7 Å². The van der Waals surface area contributed by atoms with Crippen LogP contribution in [0.1, 0.15) is 73.4 Å². The molecule has 3 heterocycles. The lowest BCUT2D eigenvalue weighted by Gasteiger charge is -2.16.